The normalized spacial score (nSPS) is 10.6. The summed E-state index contributed by atoms with van der Waals surface area (Å²) in [6.45, 7) is 3.95. The van der Waals surface area contributed by atoms with Crippen LogP contribution in [0.15, 0.2) is 48.5 Å². The number of carbonyl (C=O) groups is 1. The number of aromatic nitrogens is 3. The van der Waals surface area contributed by atoms with Crippen LogP contribution in [0.3, 0.4) is 0 Å². The fraction of sp³-hybridized carbons (Fsp3) is 0.211. The molecule has 0 saturated heterocycles. The zero-order chi connectivity index (χ0) is 18.5. The highest BCUT2D eigenvalue weighted by Gasteiger charge is 2.12. The molecule has 3 N–H and O–H groups in total. The molecule has 0 atom stereocenters. The number of hydrogen-bond donors (Lipinski definition) is 3. The van der Waals surface area contributed by atoms with Crippen molar-refractivity contribution in [2.45, 2.75) is 27.0 Å². The smallest absolute Gasteiger partial charge is 0.319 e. The zero-order valence-electron chi connectivity index (χ0n) is 14.7. The fourth-order valence-electron chi connectivity index (χ4n) is 2.74. The van der Waals surface area contributed by atoms with Gasteiger partial charge in [-0.25, -0.2) is 14.5 Å². The Morgan fingerprint density at radius 1 is 1.08 bits per heavy atom. The van der Waals surface area contributed by atoms with Gasteiger partial charge in [0.15, 0.2) is 0 Å². The number of nitrogens with zero attached hydrogens (tertiary/aromatic N) is 3. The summed E-state index contributed by atoms with van der Waals surface area (Å²) in [4.78, 5) is 16.6. The van der Waals surface area contributed by atoms with Gasteiger partial charge in [0.2, 0.25) is 0 Å². The molecule has 0 spiro atoms. The monoisotopic (exact) mass is 351 g/mol. The molecule has 0 fully saturated rings. The Bertz CT molecular complexity index is 920. The second-order valence-corrected chi connectivity index (χ2v) is 5.87. The van der Waals surface area contributed by atoms with Crippen LogP contribution in [0.4, 0.5) is 10.5 Å². The molecule has 3 aromatic rings. The molecule has 7 nitrogen and oxygen atoms in total. The molecule has 0 aliphatic rings. The number of aryl methyl sites for hydroxylation is 2. The standard InChI is InChI=1S/C19H21N5O2/c1-13-21-14(2)24(23-13)18-10-6-5-9-17(18)22-19(26)20-11-15-7-3-4-8-16(15)12-25/h3-10,25H,11-12H2,1-2H3,(H2,20,22,26). The van der Waals surface area contributed by atoms with Gasteiger partial charge in [-0.15, -0.1) is 0 Å². The lowest BCUT2D eigenvalue weighted by atomic mass is 10.1. The van der Waals surface area contributed by atoms with Gasteiger partial charge in [-0.3, -0.25) is 0 Å². The van der Waals surface area contributed by atoms with Gasteiger partial charge < -0.3 is 15.7 Å². The van der Waals surface area contributed by atoms with Crippen LogP contribution in [-0.2, 0) is 13.2 Å². The second kappa shape index (κ2) is 7.79. The zero-order valence-corrected chi connectivity index (χ0v) is 14.7. The third kappa shape index (κ3) is 3.89. The number of urea groups is 1. The van der Waals surface area contributed by atoms with Crippen LogP contribution in [0.5, 0.6) is 0 Å². The third-order valence-electron chi connectivity index (χ3n) is 3.98. The number of amides is 2. The van der Waals surface area contributed by atoms with E-state index in [2.05, 4.69) is 20.7 Å². The first-order valence-electron chi connectivity index (χ1n) is 8.30. The highest BCUT2D eigenvalue weighted by atomic mass is 16.3. The van der Waals surface area contributed by atoms with Crippen LogP contribution in [0.25, 0.3) is 5.69 Å². The summed E-state index contributed by atoms with van der Waals surface area (Å²) in [5.41, 5.74) is 3.05. The molecule has 1 aromatic heterocycles. The van der Waals surface area contributed by atoms with Gasteiger partial charge in [0, 0.05) is 6.54 Å². The van der Waals surface area contributed by atoms with Gasteiger partial charge in [-0.1, -0.05) is 36.4 Å². The number of nitrogens with one attached hydrogen (secondary N) is 2. The maximum absolute atomic E-state index is 12.3. The van der Waals surface area contributed by atoms with E-state index in [9.17, 15) is 9.90 Å². The molecule has 7 heteroatoms. The molecule has 26 heavy (non-hydrogen) atoms. The maximum atomic E-state index is 12.3. The molecule has 1 heterocycles. The number of aliphatic hydroxyl groups is 1. The summed E-state index contributed by atoms with van der Waals surface area (Å²) in [5.74, 6) is 1.41. The number of para-hydroxylation sites is 2. The maximum Gasteiger partial charge on any atom is 0.319 e. The second-order valence-electron chi connectivity index (χ2n) is 5.87. The van der Waals surface area contributed by atoms with E-state index in [0.29, 0.717) is 18.1 Å². The summed E-state index contributed by atoms with van der Waals surface area (Å²) < 4.78 is 1.70. The Kier molecular flexibility index (Phi) is 5.28. The fourth-order valence-corrected chi connectivity index (χ4v) is 2.74. The first-order valence-corrected chi connectivity index (χ1v) is 8.30. The van der Waals surface area contributed by atoms with Crippen molar-refractivity contribution in [3.8, 4) is 5.69 Å². The quantitative estimate of drug-likeness (QED) is 0.659. The lowest BCUT2D eigenvalue weighted by Crippen LogP contribution is -2.29. The molecule has 0 bridgehead atoms. The Morgan fingerprint density at radius 3 is 2.46 bits per heavy atom. The highest BCUT2D eigenvalue weighted by Crippen LogP contribution is 2.20. The first-order chi connectivity index (χ1) is 12.6. The number of aliphatic hydroxyl groups excluding tert-OH is 1. The van der Waals surface area contributed by atoms with E-state index >= 15 is 0 Å². The summed E-state index contributed by atoms with van der Waals surface area (Å²) >= 11 is 0. The van der Waals surface area contributed by atoms with Crippen molar-refractivity contribution >= 4 is 11.7 Å². The van der Waals surface area contributed by atoms with E-state index in [4.69, 9.17) is 0 Å². The van der Waals surface area contributed by atoms with E-state index in [1.54, 1.807) is 4.68 Å². The lowest BCUT2D eigenvalue weighted by molar-refractivity contribution is 0.251. The van der Waals surface area contributed by atoms with Gasteiger partial charge in [-0.2, -0.15) is 5.10 Å². The number of benzene rings is 2. The Balaban J connectivity index is 1.73. The number of hydrogen-bond acceptors (Lipinski definition) is 4. The Morgan fingerprint density at radius 2 is 1.77 bits per heavy atom. The van der Waals surface area contributed by atoms with Crippen LogP contribution in [-0.4, -0.2) is 25.9 Å². The molecule has 3 rings (SSSR count). The molecular weight excluding hydrogens is 330 g/mol. The van der Waals surface area contributed by atoms with Gasteiger partial charge in [0.25, 0.3) is 0 Å². The summed E-state index contributed by atoms with van der Waals surface area (Å²) in [6.07, 6.45) is 0. The summed E-state index contributed by atoms with van der Waals surface area (Å²) in [7, 11) is 0. The topological polar surface area (TPSA) is 92.1 Å². The van der Waals surface area contributed by atoms with Crippen molar-refractivity contribution < 1.29 is 9.90 Å². The van der Waals surface area contributed by atoms with Crippen molar-refractivity contribution in [2.75, 3.05) is 5.32 Å². The van der Waals surface area contributed by atoms with Crippen LogP contribution < -0.4 is 10.6 Å². The molecule has 0 saturated carbocycles. The predicted molar refractivity (Wildman–Crippen MR) is 99.1 cm³/mol. The molecular formula is C19H21N5O2. The van der Waals surface area contributed by atoms with Crippen LogP contribution in [0.2, 0.25) is 0 Å². The predicted octanol–water partition coefficient (Wildman–Crippen LogP) is 2.70. The molecule has 2 aromatic carbocycles. The molecule has 134 valence electrons. The minimum Gasteiger partial charge on any atom is -0.392 e. The van der Waals surface area contributed by atoms with E-state index in [-0.39, 0.29) is 12.6 Å². The minimum absolute atomic E-state index is 0.0623. The number of anilines is 1. The van der Waals surface area contributed by atoms with Crippen molar-refractivity contribution in [3.63, 3.8) is 0 Å². The first kappa shape index (κ1) is 17.6. The molecule has 0 unspecified atom stereocenters. The SMILES string of the molecule is Cc1nc(C)n(-c2ccccc2NC(=O)NCc2ccccc2CO)n1. The largest absolute Gasteiger partial charge is 0.392 e. The molecule has 0 radical (unpaired) electrons. The van der Waals surface area contributed by atoms with Crippen molar-refractivity contribution in [2.24, 2.45) is 0 Å². The van der Waals surface area contributed by atoms with Crippen molar-refractivity contribution in [1.29, 1.82) is 0 Å². The van der Waals surface area contributed by atoms with E-state index in [0.717, 1.165) is 22.6 Å². The minimum atomic E-state index is -0.334. The van der Waals surface area contributed by atoms with Crippen molar-refractivity contribution in [3.05, 3.63) is 71.3 Å². The number of rotatable bonds is 5. The van der Waals surface area contributed by atoms with E-state index in [1.165, 1.54) is 0 Å². The van der Waals surface area contributed by atoms with E-state index < -0.39 is 0 Å². The van der Waals surface area contributed by atoms with E-state index in [1.807, 2.05) is 62.4 Å². The summed E-state index contributed by atoms with van der Waals surface area (Å²) in [5, 5.41) is 19.4. The van der Waals surface area contributed by atoms with Gasteiger partial charge >= 0.3 is 6.03 Å². The third-order valence-corrected chi connectivity index (χ3v) is 3.98. The average molecular weight is 351 g/mol. The molecule has 0 aliphatic carbocycles. The molecule has 0 aliphatic heterocycles. The van der Waals surface area contributed by atoms with Gasteiger partial charge in [0.05, 0.1) is 18.0 Å². The Labute approximate surface area is 151 Å². The molecule has 2 amide bonds. The summed E-state index contributed by atoms with van der Waals surface area (Å²) in [6, 6.07) is 14.5. The highest BCUT2D eigenvalue weighted by molar-refractivity contribution is 5.91. The van der Waals surface area contributed by atoms with Crippen molar-refractivity contribution in [1.82, 2.24) is 20.1 Å². The number of carbonyl (C=O) groups excluding carboxylic acids is 1. The van der Waals surface area contributed by atoms with Crippen LogP contribution in [0.1, 0.15) is 22.8 Å². The average Bonchev–Trinajstić information content (AvgIpc) is 2.98. The van der Waals surface area contributed by atoms with Crippen LogP contribution in [0, 0.1) is 13.8 Å². The van der Waals surface area contributed by atoms with Gasteiger partial charge in [-0.05, 0) is 37.1 Å². The van der Waals surface area contributed by atoms with Gasteiger partial charge in [0.1, 0.15) is 11.6 Å². The lowest BCUT2D eigenvalue weighted by Gasteiger charge is -2.13. The Hall–Kier alpha value is -3.19. The van der Waals surface area contributed by atoms with Crippen LogP contribution >= 0.6 is 0 Å².